The summed E-state index contributed by atoms with van der Waals surface area (Å²) in [6, 6.07) is 6.49. The Morgan fingerprint density at radius 1 is 0.875 bits per heavy atom. The van der Waals surface area contributed by atoms with Crippen LogP contribution in [0.15, 0.2) is 18.2 Å². The van der Waals surface area contributed by atoms with Gasteiger partial charge in [0.2, 0.25) is 0 Å². The van der Waals surface area contributed by atoms with Crippen molar-refractivity contribution in [3.05, 3.63) is 34.9 Å². The Morgan fingerprint density at radius 3 is 1.38 bits per heavy atom. The molecular weight excluding hydrogens is 192 g/mol. The molecule has 1 rings (SSSR count). The van der Waals surface area contributed by atoms with Gasteiger partial charge in [0.1, 0.15) is 0 Å². The van der Waals surface area contributed by atoms with E-state index in [1.807, 2.05) is 27.7 Å². The summed E-state index contributed by atoms with van der Waals surface area (Å²) in [5.74, 6) is 0.649. The van der Waals surface area contributed by atoms with Gasteiger partial charge in [-0.1, -0.05) is 67.2 Å². The first-order chi connectivity index (χ1) is 7.13. The van der Waals surface area contributed by atoms with Crippen LogP contribution in [0.1, 0.15) is 73.0 Å². The van der Waals surface area contributed by atoms with Crippen molar-refractivity contribution in [3.63, 3.8) is 0 Å². The lowest BCUT2D eigenvalue weighted by Crippen LogP contribution is -1.94. The maximum atomic E-state index is 2.25. The number of hydrogen-bond acceptors (Lipinski definition) is 0. The second-order valence-corrected chi connectivity index (χ2v) is 3.46. The summed E-state index contributed by atoms with van der Waals surface area (Å²) in [5, 5.41) is 0. The molecular formula is C16H34. The molecule has 0 aliphatic heterocycles. The van der Waals surface area contributed by atoms with Crippen molar-refractivity contribution in [1.29, 1.82) is 0 Å². The van der Waals surface area contributed by atoms with Crippen LogP contribution in [-0.2, 0) is 0 Å². The highest BCUT2D eigenvalue weighted by Crippen LogP contribution is 2.22. The summed E-state index contributed by atoms with van der Waals surface area (Å²) in [7, 11) is 0. The zero-order valence-corrected chi connectivity index (χ0v) is 11.8. The zero-order chi connectivity index (χ0) is 12.4. The van der Waals surface area contributed by atoms with E-state index in [2.05, 4.69) is 45.9 Å². The van der Waals surface area contributed by atoms with Crippen molar-refractivity contribution < 1.29 is 1.43 Å². The van der Waals surface area contributed by atoms with Gasteiger partial charge in [0.05, 0.1) is 0 Å². The molecule has 0 aromatic heterocycles. The summed E-state index contributed by atoms with van der Waals surface area (Å²) < 4.78 is 0. The van der Waals surface area contributed by atoms with Gasteiger partial charge in [-0.3, -0.25) is 0 Å². The van der Waals surface area contributed by atoms with E-state index < -0.39 is 0 Å². The molecule has 1 aromatic carbocycles. The highest BCUT2D eigenvalue weighted by atomic mass is 14.1. The molecule has 98 valence electrons. The molecule has 0 heterocycles. The molecule has 16 heavy (non-hydrogen) atoms. The van der Waals surface area contributed by atoms with Crippen LogP contribution in [-0.4, -0.2) is 0 Å². The van der Waals surface area contributed by atoms with Gasteiger partial charge in [-0.25, -0.2) is 0 Å². The third kappa shape index (κ3) is 6.66. The molecule has 0 heteroatoms. The summed E-state index contributed by atoms with van der Waals surface area (Å²) >= 11 is 0. The van der Waals surface area contributed by atoms with Crippen LogP contribution in [0.3, 0.4) is 0 Å². The molecule has 0 atom stereocenters. The molecule has 0 saturated carbocycles. The maximum Gasteiger partial charge on any atom is 0 e. The number of benzene rings is 1. The third-order valence-corrected chi connectivity index (χ3v) is 2.12. The SMILES string of the molecule is C.CC.CC.Cc1cccc(C)c1C(C)C.[2HH]. The summed E-state index contributed by atoms with van der Waals surface area (Å²) in [6.45, 7) is 16.9. The Morgan fingerprint density at radius 2 is 1.19 bits per heavy atom. The monoisotopic (exact) mass is 227 g/mol. The van der Waals surface area contributed by atoms with E-state index in [-0.39, 0.29) is 8.85 Å². The average Bonchev–Trinajstić information content (AvgIpc) is 2.23. The van der Waals surface area contributed by atoms with Gasteiger partial charge in [0, 0.05) is 1.43 Å². The predicted octanol–water partition coefficient (Wildman–Crippen LogP) is 6.36. The molecule has 0 unspecified atom stereocenters. The molecule has 0 nitrogen and oxygen atoms in total. The van der Waals surface area contributed by atoms with E-state index in [0.717, 1.165) is 0 Å². The molecule has 0 aliphatic rings. The fourth-order valence-corrected chi connectivity index (χ4v) is 1.74. The van der Waals surface area contributed by atoms with Crippen molar-refractivity contribution in [3.8, 4) is 0 Å². The maximum absolute atomic E-state index is 2.25. The smallest absolute Gasteiger partial charge is 0 e. The minimum absolute atomic E-state index is 0. The van der Waals surface area contributed by atoms with Crippen molar-refractivity contribution in [2.45, 2.75) is 68.7 Å². The molecule has 0 amide bonds. The van der Waals surface area contributed by atoms with Crippen LogP contribution in [0, 0.1) is 13.8 Å². The predicted molar refractivity (Wildman–Crippen MR) is 81.5 cm³/mol. The lowest BCUT2D eigenvalue weighted by Gasteiger charge is -2.12. The van der Waals surface area contributed by atoms with Crippen molar-refractivity contribution in [2.24, 2.45) is 0 Å². The third-order valence-electron chi connectivity index (χ3n) is 2.12. The van der Waals surface area contributed by atoms with E-state index in [9.17, 15) is 0 Å². The van der Waals surface area contributed by atoms with Crippen LogP contribution in [0.2, 0.25) is 0 Å². The van der Waals surface area contributed by atoms with Gasteiger partial charge >= 0.3 is 0 Å². The van der Waals surface area contributed by atoms with Crippen LogP contribution < -0.4 is 0 Å². The Kier molecular flexibility index (Phi) is 15.8. The molecule has 0 radical (unpaired) electrons. The largest absolute Gasteiger partial charge is 0.0776 e. The standard InChI is InChI=1S/C11H16.2C2H6.CH4.H2/c1-8(2)11-9(3)6-5-7-10(11)4;2*1-2;;/h5-8H,1-4H3;2*1-2H3;1H4;1H/i;;;;1+1. The lowest BCUT2D eigenvalue weighted by atomic mass is 9.94. The number of aryl methyl sites for hydroxylation is 2. The first-order valence-electron chi connectivity index (χ1n) is 6.19. The first kappa shape index (κ1) is 20.6. The zero-order valence-electron chi connectivity index (χ0n) is 11.8. The van der Waals surface area contributed by atoms with Crippen LogP contribution in [0.4, 0.5) is 0 Å². The van der Waals surface area contributed by atoms with Gasteiger partial charge in [-0.15, -0.1) is 0 Å². The van der Waals surface area contributed by atoms with Crippen LogP contribution in [0.5, 0.6) is 0 Å². The molecule has 0 aliphatic carbocycles. The number of hydrogen-bond donors (Lipinski definition) is 0. The quantitative estimate of drug-likeness (QED) is 0.523. The molecule has 0 fully saturated rings. The Bertz CT molecular complexity index is 231. The lowest BCUT2D eigenvalue weighted by molar-refractivity contribution is 0.846. The van der Waals surface area contributed by atoms with Gasteiger partial charge in [-0.05, 0) is 36.5 Å². The molecule has 1 aromatic rings. The summed E-state index contributed by atoms with van der Waals surface area (Å²) in [4.78, 5) is 0. The van der Waals surface area contributed by atoms with Gasteiger partial charge in [0.25, 0.3) is 0 Å². The normalized spacial score (nSPS) is 8.06. The Hall–Kier alpha value is -0.780. The van der Waals surface area contributed by atoms with Gasteiger partial charge in [0.15, 0.2) is 0 Å². The molecule has 0 spiro atoms. The van der Waals surface area contributed by atoms with E-state index in [0.29, 0.717) is 5.92 Å². The van der Waals surface area contributed by atoms with E-state index >= 15 is 0 Å². The first-order valence-corrected chi connectivity index (χ1v) is 6.19. The topological polar surface area (TPSA) is 0 Å². The van der Waals surface area contributed by atoms with Crippen molar-refractivity contribution in [1.82, 2.24) is 0 Å². The van der Waals surface area contributed by atoms with E-state index in [1.54, 1.807) is 0 Å². The fraction of sp³-hybridized carbons (Fsp3) is 0.625. The fourth-order valence-electron chi connectivity index (χ4n) is 1.74. The van der Waals surface area contributed by atoms with Crippen LogP contribution in [0.25, 0.3) is 0 Å². The van der Waals surface area contributed by atoms with Gasteiger partial charge < -0.3 is 0 Å². The summed E-state index contributed by atoms with van der Waals surface area (Å²) in [5.41, 5.74) is 4.34. The van der Waals surface area contributed by atoms with Crippen molar-refractivity contribution in [2.75, 3.05) is 0 Å². The van der Waals surface area contributed by atoms with E-state index in [4.69, 9.17) is 0 Å². The van der Waals surface area contributed by atoms with E-state index in [1.165, 1.54) is 16.7 Å². The minimum Gasteiger partial charge on any atom is -0.0776 e. The second-order valence-electron chi connectivity index (χ2n) is 3.46. The highest BCUT2D eigenvalue weighted by molar-refractivity contribution is 5.35. The second kappa shape index (κ2) is 12.3. The molecule has 0 bridgehead atoms. The Balaban J connectivity index is -0.000000128. The molecule has 0 N–H and O–H groups in total. The average molecular weight is 227 g/mol. The minimum atomic E-state index is 0. The van der Waals surface area contributed by atoms with Crippen LogP contribution >= 0.6 is 0 Å². The molecule has 0 saturated heterocycles. The van der Waals surface area contributed by atoms with Gasteiger partial charge in [-0.2, -0.15) is 0 Å². The number of rotatable bonds is 1. The van der Waals surface area contributed by atoms with Crippen molar-refractivity contribution >= 4 is 0 Å². The Labute approximate surface area is 106 Å². The highest BCUT2D eigenvalue weighted by Gasteiger charge is 2.04. The summed E-state index contributed by atoms with van der Waals surface area (Å²) in [6.07, 6.45) is 0.